The van der Waals surface area contributed by atoms with Crippen molar-refractivity contribution in [1.82, 2.24) is 9.80 Å². The van der Waals surface area contributed by atoms with Crippen LogP contribution in [0.3, 0.4) is 0 Å². The molecule has 1 unspecified atom stereocenters. The minimum absolute atomic E-state index is 0.0882. The Bertz CT molecular complexity index is 346. The van der Waals surface area contributed by atoms with Crippen LogP contribution in [0.25, 0.3) is 0 Å². The molecule has 2 fully saturated rings. The molecule has 2 aliphatic heterocycles. The topological polar surface area (TPSA) is 40.6 Å². The lowest BCUT2D eigenvalue weighted by Crippen LogP contribution is -2.39. The summed E-state index contributed by atoms with van der Waals surface area (Å²) in [5.41, 5.74) is 0. The number of carbonyl (C=O) groups excluding carboxylic acids is 2. The first-order valence-electron chi connectivity index (χ1n) is 7.40. The monoisotopic (exact) mass is 264 g/mol. The van der Waals surface area contributed by atoms with Gasteiger partial charge in [0.2, 0.25) is 11.8 Å². The van der Waals surface area contributed by atoms with Gasteiger partial charge in [-0.2, -0.15) is 0 Å². The van der Waals surface area contributed by atoms with Crippen molar-refractivity contribution in [3.8, 4) is 0 Å². The fourth-order valence-corrected chi connectivity index (χ4v) is 3.00. The summed E-state index contributed by atoms with van der Waals surface area (Å²) < 4.78 is 0. The van der Waals surface area contributed by atoms with Crippen LogP contribution >= 0.6 is 0 Å². The zero-order chi connectivity index (χ0) is 13.7. The Balaban J connectivity index is 1.91. The van der Waals surface area contributed by atoms with Crippen LogP contribution in [0.15, 0.2) is 12.7 Å². The molecule has 2 amide bonds. The quantitative estimate of drug-likeness (QED) is 0.729. The number of hydrogen-bond donors (Lipinski definition) is 0. The van der Waals surface area contributed by atoms with Gasteiger partial charge in [-0.15, -0.1) is 6.58 Å². The van der Waals surface area contributed by atoms with E-state index in [1.54, 1.807) is 11.0 Å². The van der Waals surface area contributed by atoms with E-state index in [1.165, 1.54) is 19.3 Å². The molecule has 4 heteroatoms. The molecule has 0 N–H and O–H groups in total. The highest BCUT2D eigenvalue weighted by Crippen LogP contribution is 2.21. The maximum atomic E-state index is 12.5. The van der Waals surface area contributed by atoms with Crippen LogP contribution in [0.4, 0.5) is 0 Å². The van der Waals surface area contributed by atoms with Crippen LogP contribution in [-0.4, -0.2) is 47.8 Å². The molecule has 106 valence electrons. The van der Waals surface area contributed by atoms with Crippen molar-refractivity contribution >= 4 is 11.8 Å². The van der Waals surface area contributed by atoms with Gasteiger partial charge < -0.3 is 9.80 Å². The summed E-state index contributed by atoms with van der Waals surface area (Å²) in [7, 11) is 0. The van der Waals surface area contributed by atoms with Gasteiger partial charge in [0.25, 0.3) is 0 Å². The summed E-state index contributed by atoms with van der Waals surface area (Å²) in [5, 5.41) is 0. The lowest BCUT2D eigenvalue weighted by atomic mass is 10.0. The standard InChI is InChI=1S/C15H24N2O2/c1-2-8-17-12-13(11-14(17)18)15(19)16-9-6-4-3-5-7-10-16/h2,13H,1,3-12H2. The second kappa shape index (κ2) is 6.73. The van der Waals surface area contributed by atoms with Crippen LogP contribution in [-0.2, 0) is 9.59 Å². The van der Waals surface area contributed by atoms with Gasteiger partial charge in [0.05, 0.1) is 5.92 Å². The van der Waals surface area contributed by atoms with E-state index < -0.39 is 0 Å². The zero-order valence-corrected chi connectivity index (χ0v) is 11.6. The highest BCUT2D eigenvalue weighted by molar-refractivity contribution is 5.89. The number of amides is 2. The SMILES string of the molecule is C=CCN1CC(C(=O)N2CCCCCCC2)CC1=O. The van der Waals surface area contributed by atoms with Gasteiger partial charge in [0.15, 0.2) is 0 Å². The van der Waals surface area contributed by atoms with Gasteiger partial charge >= 0.3 is 0 Å². The van der Waals surface area contributed by atoms with Crippen molar-refractivity contribution in [2.45, 2.75) is 38.5 Å². The highest BCUT2D eigenvalue weighted by atomic mass is 16.2. The first-order valence-corrected chi connectivity index (χ1v) is 7.40. The average molecular weight is 264 g/mol. The molecule has 0 bridgehead atoms. The first-order chi connectivity index (χ1) is 9.22. The fraction of sp³-hybridized carbons (Fsp3) is 0.733. The fourth-order valence-electron chi connectivity index (χ4n) is 3.00. The summed E-state index contributed by atoms with van der Waals surface area (Å²) in [5.74, 6) is 0.138. The smallest absolute Gasteiger partial charge is 0.227 e. The lowest BCUT2D eigenvalue weighted by Gasteiger charge is -2.27. The Kier molecular flexibility index (Phi) is 5.00. The highest BCUT2D eigenvalue weighted by Gasteiger charge is 2.35. The Labute approximate surface area is 115 Å². The van der Waals surface area contributed by atoms with Crippen LogP contribution in [0.2, 0.25) is 0 Å². The second-order valence-electron chi connectivity index (χ2n) is 5.58. The van der Waals surface area contributed by atoms with Crippen LogP contribution in [0, 0.1) is 5.92 Å². The second-order valence-corrected chi connectivity index (χ2v) is 5.58. The molecule has 2 rings (SSSR count). The van der Waals surface area contributed by atoms with E-state index >= 15 is 0 Å². The predicted octanol–water partition coefficient (Wildman–Crippen LogP) is 1.81. The van der Waals surface area contributed by atoms with Crippen molar-refractivity contribution in [2.75, 3.05) is 26.2 Å². The van der Waals surface area contributed by atoms with Crippen molar-refractivity contribution in [1.29, 1.82) is 0 Å². The normalized spacial score (nSPS) is 25.1. The number of nitrogens with zero attached hydrogens (tertiary/aromatic N) is 2. The summed E-state index contributed by atoms with van der Waals surface area (Å²) in [6.45, 7) is 6.51. The van der Waals surface area contributed by atoms with E-state index in [0.29, 0.717) is 19.5 Å². The molecule has 0 aromatic heterocycles. The zero-order valence-electron chi connectivity index (χ0n) is 11.6. The maximum Gasteiger partial charge on any atom is 0.227 e. The summed E-state index contributed by atoms with van der Waals surface area (Å²) >= 11 is 0. The van der Waals surface area contributed by atoms with E-state index in [4.69, 9.17) is 0 Å². The van der Waals surface area contributed by atoms with Crippen LogP contribution in [0.5, 0.6) is 0 Å². The Morgan fingerprint density at radius 3 is 2.47 bits per heavy atom. The van der Waals surface area contributed by atoms with Crippen LogP contribution in [0.1, 0.15) is 38.5 Å². The third-order valence-corrected chi connectivity index (χ3v) is 4.08. The Morgan fingerprint density at radius 1 is 1.21 bits per heavy atom. The molecule has 0 aromatic carbocycles. The Morgan fingerprint density at radius 2 is 1.84 bits per heavy atom. The largest absolute Gasteiger partial charge is 0.342 e. The minimum Gasteiger partial charge on any atom is -0.342 e. The third-order valence-electron chi connectivity index (χ3n) is 4.08. The van der Waals surface area contributed by atoms with Gasteiger partial charge in [-0.05, 0) is 12.8 Å². The lowest BCUT2D eigenvalue weighted by molar-refractivity contribution is -0.136. The molecular weight excluding hydrogens is 240 g/mol. The first kappa shape index (κ1) is 14.1. The molecule has 2 heterocycles. The van der Waals surface area contributed by atoms with Crippen molar-refractivity contribution in [3.63, 3.8) is 0 Å². The van der Waals surface area contributed by atoms with Crippen LogP contribution < -0.4 is 0 Å². The average Bonchev–Trinajstić information content (AvgIpc) is 2.70. The molecule has 2 aliphatic rings. The van der Waals surface area contributed by atoms with E-state index in [0.717, 1.165) is 25.9 Å². The molecule has 4 nitrogen and oxygen atoms in total. The maximum absolute atomic E-state index is 12.5. The van der Waals surface area contributed by atoms with Gasteiger partial charge in [-0.25, -0.2) is 0 Å². The molecule has 0 aliphatic carbocycles. The molecule has 2 saturated heterocycles. The Hall–Kier alpha value is -1.32. The molecule has 1 atom stereocenters. The van der Waals surface area contributed by atoms with Gasteiger partial charge in [0.1, 0.15) is 0 Å². The van der Waals surface area contributed by atoms with Gasteiger partial charge in [-0.1, -0.05) is 25.3 Å². The summed E-state index contributed by atoms with van der Waals surface area (Å²) in [4.78, 5) is 28.0. The van der Waals surface area contributed by atoms with Crippen molar-refractivity contribution < 1.29 is 9.59 Å². The van der Waals surface area contributed by atoms with E-state index in [1.807, 2.05) is 4.90 Å². The number of rotatable bonds is 3. The minimum atomic E-state index is -0.133. The molecule has 0 saturated carbocycles. The van der Waals surface area contributed by atoms with Gasteiger partial charge in [-0.3, -0.25) is 9.59 Å². The summed E-state index contributed by atoms with van der Waals surface area (Å²) in [6.07, 6.45) is 8.03. The molecule has 0 aromatic rings. The molecule has 19 heavy (non-hydrogen) atoms. The predicted molar refractivity (Wildman–Crippen MR) is 74.5 cm³/mol. The number of likely N-dealkylation sites (tertiary alicyclic amines) is 2. The number of hydrogen-bond acceptors (Lipinski definition) is 2. The molecule has 0 spiro atoms. The number of carbonyl (C=O) groups is 2. The van der Waals surface area contributed by atoms with E-state index in [-0.39, 0.29) is 17.7 Å². The van der Waals surface area contributed by atoms with Crippen molar-refractivity contribution in [3.05, 3.63) is 12.7 Å². The van der Waals surface area contributed by atoms with Crippen molar-refractivity contribution in [2.24, 2.45) is 5.92 Å². The van der Waals surface area contributed by atoms with Gasteiger partial charge in [0, 0.05) is 32.6 Å². The van der Waals surface area contributed by atoms with E-state index in [9.17, 15) is 9.59 Å². The molecule has 0 radical (unpaired) electrons. The van der Waals surface area contributed by atoms with E-state index in [2.05, 4.69) is 6.58 Å². The third kappa shape index (κ3) is 3.58. The molecular formula is C15H24N2O2. The summed E-state index contributed by atoms with van der Waals surface area (Å²) in [6, 6.07) is 0.